The quantitative estimate of drug-likeness (QED) is 0.570. The zero-order valence-corrected chi connectivity index (χ0v) is 12.8. The highest BCUT2D eigenvalue weighted by Crippen LogP contribution is 2.28. The minimum atomic E-state index is -0.445. The topological polar surface area (TPSA) is 99.5 Å². The first-order valence-electron chi connectivity index (χ1n) is 7.73. The number of hydrogen-bond donors (Lipinski definition) is 1. The number of rotatable bonds is 5. The molecule has 9 heteroatoms. The van der Waals surface area contributed by atoms with E-state index < -0.39 is 4.92 Å². The molecule has 1 atom stereocenters. The number of pyridine rings is 1. The maximum atomic E-state index is 11.4. The normalized spacial score (nSPS) is 17.4. The molecule has 0 bridgehead atoms. The van der Waals surface area contributed by atoms with Crippen LogP contribution in [0.15, 0.2) is 36.8 Å². The molecule has 1 aliphatic rings. The van der Waals surface area contributed by atoms with Crippen molar-refractivity contribution in [3.63, 3.8) is 0 Å². The second-order valence-corrected chi connectivity index (χ2v) is 5.68. The largest absolute Gasteiger partial charge is 0.376 e. The average molecular weight is 328 g/mol. The predicted molar refractivity (Wildman–Crippen MR) is 86.3 cm³/mol. The van der Waals surface area contributed by atoms with E-state index in [9.17, 15) is 10.1 Å². The first-order chi connectivity index (χ1) is 11.7. The lowest BCUT2D eigenvalue weighted by Gasteiger charge is -2.08. The molecule has 3 aromatic heterocycles. The van der Waals surface area contributed by atoms with E-state index in [-0.39, 0.29) is 17.7 Å². The first kappa shape index (κ1) is 14.6. The Morgan fingerprint density at radius 3 is 3.17 bits per heavy atom. The monoisotopic (exact) mass is 328 g/mol. The zero-order valence-electron chi connectivity index (χ0n) is 12.8. The molecule has 0 amide bonds. The van der Waals surface area contributed by atoms with Gasteiger partial charge in [0.1, 0.15) is 0 Å². The summed E-state index contributed by atoms with van der Waals surface area (Å²) in [5.41, 5.74) is 1.16. The maximum Gasteiger partial charge on any atom is 0.372 e. The summed E-state index contributed by atoms with van der Waals surface area (Å²) in [6.45, 7) is 1.47. The van der Waals surface area contributed by atoms with Crippen LogP contribution in [0.5, 0.6) is 0 Å². The summed E-state index contributed by atoms with van der Waals surface area (Å²) < 4.78 is 8.81. The standard InChI is InChI=1S/C15H16N6O3/c22-21(23)15-14(18-13-5-1-2-6-20(13)15)17-11-8-16-19(9-11)10-12-4-3-7-24-12/h1-2,5-6,8-9,12,17H,3-4,7,10H2. The minimum Gasteiger partial charge on any atom is -0.376 e. The van der Waals surface area contributed by atoms with E-state index in [0.29, 0.717) is 17.9 Å². The van der Waals surface area contributed by atoms with Gasteiger partial charge >= 0.3 is 5.82 Å². The molecule has 0 aromatic carbocycles. The number of hydrogen-bond acceptors (Lipinski definition) is 6. The van der Waals surface area contributed by atoms with Gasteiger partial charge in [-0.3, -0.25) is 4.68 Å². The fourth-order valence-corrected chi connectivity index (χ4v) is 2.90. The highest BCUT2D eigenvalue weighted by molar-refractivity contribution is 5.68. The number of aromatic nitrogens is 4. The Morgan fingerprint density at radius 2 is 2.38 bits per heavy atom. The number of nitro groups is 1. The van der Waals surface area contributed by atoms with Crippen molar-refractivity contribution in [3.8, 4) is 0 Å². The van der Waals surface area contributed by atoms with E-state index in [2.05, 4.69) is 15.4 Å². The van der Waals surface area contributed by atoms with Crippen molar-refractivity contribution in [1.29, 1.82) is 0 Å². The molecule has 3 aromatic rings. The number of ether oxygens (including phenoxy) is 1. The summed E-state index contributed by atoms with van der Waals surface area (Å²) in [4.78, 5) is 15.2. The van der Waals surface area contributed by atoms with Gasteiger partial charge in [-0.15, -0.1) is 0 Å². The molecule has 4 heterocycles. The summed E-state index contributed by atoms with van der Waals surface area (Å²) >= 11 is 0. The Bertz CT molecular complexity index is 880. The highest BCUT2D eigenvalue weighted by Gasteiger charge is 2.23. The van der Waals surface area contributed by atoms with Crippen molar-refractivity contribution >= 4 is 23.0 Å². The van der Waals surface area contributed by atoms with Crippen LogP contribution in [0.3, 0.4) is 0 Å². The van der Waals surface area contributed by atoms with Crippen molar-refractivity contribution in [1.82, 2.24) is 19.2 Å². The van der Waals surface area contributed by atoms with Gasteiger partial charge in [0.05, 0.1) is 30.7 Å². The van der Waals surface area contributed by atoms with Gasteiger partial charge in [-0.1, -0.05) is 6.07 Å². The number of nitrogens with one attached hydrogen (secondary N) is 1. The lowest BCUT2D eigenvalue weighted by Crippen LogP contribution is -2.15. The molecule has 24 heavy (non-hydrogen) atoms. The van der Waals surface area contributed by atoms with Crippen LogP contribution < -0.4 is 5.32 Å². The molecular weight excluding hydrogens is 312 g/mol. The van der Waals surface area contributed by atoms with Gasteiger partial charge in [-0.2, -0.15) is 14.5 Å². The Balaban J connectivity index is 1.59. The van der Waals surface area contributed by atoms with Crippen LogP contribution >= 0.6 is 0 Å². The van der Waals surface area contributed by atoms with Gasteiger partial charge in [0.15, 0.2) is 0 Å². The van der Waals surface area contributed by atoms with Gasteiger partial charge in [0, 0.05) is 18.9 Å². The Kier molecular flexibility index (Phi) is 3.62. The third-order valence-electron chi connectivity index (χ3n) is 3.99. The number of imidazole rings is 1. The second kappa shape index (κ2) is 5.93. The predicted octanol–water partition coefficient (Wildman–Crippen LogP) is 2.36. The highest BCUT2D eigenvalue weighted by atomic mass is 16.6. The number of anilines is 2. The smallest absolute Gasteiger partial charge is 0.372 e. The summed E-state index contributed by atoms with van der Waals surface area (Å²) in [6, 6.07) is 5.24. The van der Waals surface area contributed by atoms with Gasteiger partial charge in [0.2, 0.25) is 11.5 Å². The molecule has 9 nitrogen and oxygen atoms in total. The average Bonchev–Trinajstić information content (AvgIpc) is 3.27. The molecule has 124 valence electrons. The third-order valence-corrected chi connectivity index (χ3v) is 3.99. The van der Waals surface area contributed by atoms with E-state index >= 15 is 0 Å². The van der Waals surface area contributed by atoms with Gasteiger partial charge < -0.3 is 20.2 Å². The molecule has 1 fully saturated rings. The van der Waals surface area contributed by atoms with Crippen LogP contribution in [-0.4, -0.2) is 36.8 Å². The molecular formula is C15H16N6O3. The fraction of sp³-hybridized carbons (Fsp3) is 0.333. The maximum absolute atomic E-state index is 11.4. The molecule has 1 unspecified atom stereocenters. The van der Waals surface area contributed by atoms with Crippen LogP contribution in [0.1, 0.15) is 12.8 Å². The molecule has 1 saturated heterocycles. The third kappa shape index (κ3) is 2.69. The van der Waals surface area contributed by atoms with Gasteiger partial charge in [0.25, 0.3) is 0 Å². The van der Waals surface area contributed by atoms with Crippen molar-refractivity contribution < 1.29 is 9.66 Å². The Hall–Kier alpha value is -2.94. The van der Waals surface area contributed by atoms with E-state index in [1.807, 2.05) is 0 Å². The first-order valence-corrected chi connectivity index (χ1v) is 7.73. The second-order valence-electron chi connectivity index (χ2n) is 5.68. The van der Waals surface area contributed by atoms with Crippen molar-refractivity contribution in [2.45, 2.75) is 25.5 Å². The fourth-order valence-electron chi connectivity index (χ4n) is 2.90. The summed E-state index contributed by atoms with van der Waals surface area (Å²) in [7, 11) is 0. The molecule has 0 spiro atoms. The molecule has 1 aliphatic heterocycles. The lowest BCUT2D eigenvalue weighted by molar-refractivity contribution is -0.389. The molecule has 0 saturated carbocycles. The van der Waals surface area contributed by atoms with Crippen molar-refractivity contribution in [2.75, 3.05) is 11.9 Å². The molecule has 0 aliphatic carbocycles. The van der Waals surface area contributed by atoms with Gasteiger partial charge in [-0.25, -0.2) is 0 Å². The molecule has 4 rings (SSSR count). The molecule has 0 radical (unpaired) electrons. The van der Waals surface area contributed by atoms with Crippen LogP contribution in [0.25, 0.3) is 5.65 Å². The van der Waals surface area contributed by atoms with Crippen molar-refractivity contribution in [2.24, 2.45) is 0 Å². The summed E-state index contributed by atoms with van der Waals surface area (Å²) in [6.07, 6.45) is 7.33. The summed E-state index contributed by atoms with van der Waals surface area (Å²) in [5, 5.41) is 18.7. The zero-order chi connectivity index (χ0) is 16.5. The van der Waals surface area contributed by atoms with E-state index in [1.54, 1.807) is 41.5 Å². The van der Waals surface area contributed by atoms with Crippen LogP contribution in [0.4, 0.5) is 17.3 Å². The number of fused-ring (bicyclic) bond motifs is 1. The van der Waals surface area contributed by atoms with E-state index in [4.69, 9.17) is 4.74 Å². The van der Waals surface area contributed by atoms with Gasteiger partial charge in [-0.05, 0) is 23.8 Å². The Morgan fingerprint density at radius 1 is 1.46 bits per heavy atom. The van der Waals surface area contributed by atoms with E-state index in [1.165, 1.54) is 4.40 Å². The molecule has 1 N–H and O–H groups in total. The van der Waals surface area contributed by atoms with Crippen LogP contribution in [0.2, 0.25) is 0 Å². The SMILES string of the molecule is O=[N+]([O-])c1c(Nc2cnn(CC3CCCO3)c2)nc2ccccn12. The van der Waals surface area contributed by atoms with E-state index in [0.717, 1.165) is 19.4 Å². The number of nitrogens with zero attached hydrogens (tertiary/aromatic N) is 5. The minimum absolute atomic E-state index is 0.0996. The Labute approximate surface area is 137 Å². The lowest BCUT2D eigenvalue weighted by atomic mass is 10.2. The van der Waals surface area contributed by atoms with Crippen LogP contribution in [-0.2, 0) is 11.3 Å². The summed E-state index contributed by atoms with van der Waals surface area (Å²) in [5.74, 6) is 0.0975. The van der Waals surface area contributed by atoms with Crippen LogP contribution in [0, 0.1) is 10.1 Å². The van der Waals surface area contributed by atoms with Crippen molar-refractivity contribution in [3.05, 3.63) is 46.9 Å².